The van der Waals surface area contributed by atoms with E-state index >= 15 is 0 Å². The minimum Gasteiger partial charge on any atom is -0.464 e. The molecule has 0 aliphatic rings. The lowest BCUT2D eigenvalue weighted by atomic mass is 9.99. The summed E-state index contributed by atoms with van der Waals surface area (Å²) in [5.41, 5.74) is 0.101. The molecule has 2 unspecified atom stereocenters. The molecule has 162 valence electrons. The Bertz CT molecular complexity index is 838. The summed E-state index contributed by atoms with van der Waals surface area (Å²) >= 11 is 0. The van der Waals surface area contributed by atoms with Gasteiger partial charge in [0.15, 0.2) is 0 Å². The van der Waals surface area contributed by atoms with Gasteiger partial charge in [0.25, 0.3) is 5.91 Å². The number of nitrogens with zero attached hydrogens (tertiary/aromatic N) is 1. The van der Waals surface area contributed by atoms with Crippen molar-refractivity contribution in [1.82, 2.24) is 14.9 Å². The van der Waals surface area contributed by atoms with Crippen LogP contribution in [0, 0.1) is 5.92 Å². The molecule has 0 aromatic heterocycles. The lowest BCUT2D eigenvalue weighted by molar-refractivity contribution is -0.148. The Morgan fingerprint density at radius 1 is 1.17 bits per heavy atom. The number of hydrogen-bond acceptors (Lipinski definition) is 6. The van der Waals surface area contributed by atoms with Gasteiger partial charge in [-0.25, -0.2) is 17.5 Å². The summed E-state index contributed by atoms with van der Waals surface area (Å²) in [6.07, 6.45) is 0.656. The van der Waals surface area contributed by atoms with Crippen LogP contribution in [-0.4, -0.2) is 63.8 Å². The third-order valence-corrected chi connectivity index (χ3v) is 6.17. The molecule has 0 saturated carbocycles. The first kappa shape index (κ1) is 24.6. The van der Waals surface area contributed by atoms with Gasteiger partial charge in [0.1, 0.15) is 6.04 Å². The largest absolute Gasteiger partial charge is 0.464 e. The number of carbonyl (C=O) groups is 3. The summed E-state index contributed by atoms with van der Waals surface area (Å²) in [4.78, 5) is 36.5. The molecule has 0 aliphatic carbocycles. The molecule has 0 fully saturated rings. The van der Waals surface area contributed by atoms with Crippen molar-refractivity contribution in [3.05, 3.63) is 29.8 Å². The number of amides is 2. The molecule has 0 spiro atoms. The first-order chi connectivity index (χ1) is 13.5. The van der Waals surface area contributed by atoms with Gasteiger partial charge in [-0.1, -0.05) is 26.3 Å². The third kappa shape index (κ3) is 6.82. The van der Waals surface area contributed by atoms with Crippen LogP contribution < -0.4 is 10.6 Å². The van der Waals surface area contributed by atoms with Crippen molar-refractivity contribution >= 4 is 27.8 Å². The molecule has 0 saturated heterocycles. The molecule has 9 nitrogen and oxygen atoms in total. The van der Waals surface area contributed by atoms with Gasteiger partial charge in [-0.2, -0.15) is 0 Å². The maximum Gasteiger partial charge on any atom is 0.328 e. The van der Waals surface area contributed by atoms with Crippen LogP contribution in [0.4, 0.5) is 0 Å². The molecule has 1 aromatic rings. The Hall–Kier alpha value is -2.46. The first-order valence-electron chi connectivity index (χ1n) is 9.31. The highest BCUT2D eigenvalue weighted by molar-refractivity contribution is 7.89. The number of hydrogen-bond donors (Lipinski definition) is 2. The normalized spacial score (nSPS) is 13.4. The Kier molecular flexibility index (Phi) is 9.25. The highest BCUT2D eigenvalue weighted by Crippen LogP contribution is 2.15. The molecule has 0 bridgehead atoms. The maximum absolute atomic E-state index is 12.3. The fourth-order valence-electron chi connectivity index (χ4n) is 2.40. The van der Waals surface area contributed by atoms with Gasteiger partial charge in [-0.15, -0.1) is 0 Å². The van der Waals surface area contributed by atoms with Crippen molar-refractivity contribution in [3.8, 4) is 0 Å². The number of sulfonamides is 1. The Balaban J connectivity index is 2.79. The number of rotatable bonds is 10. The van der Waals surface area contributed by atoms with E-state index in [1.54, 1.807) is 6.92 Å². The molecule has 0 heterocycles. The molecule has 0 aliphatic heterocycles. The predicted molar refractivity (Wildman–Crippen MR) is 108 cm³/mol. The van der Waals surface area contributed by atoms with E-state index in [0.717, 1.165) is 4.31 Å². The standard InChI is InChI=1S/C19H29N3O6S/c1-6-13(3)17(19(25)28-7-2)21-16(23)12-20-18(24)14-9-8-10-15(11-14)29(26,27)22(4)5/h8-11,13,17H,6-7,12H2,1-5H3,(H,20,24)(H,21,23). The quantitative estimate of drug-likeness (QED) is 0.532. The van der Waals surface area contributed by atoms with Gasteiger partial charge >= 0.3 is 5.97 Å². The monoisotopic (exact) mass is 427 g/mol. The average Bonchev–Trinajstić information content (AvgIpc) is 2.69. The van der Waals surface area contributed by atoms with E-state index in [0.29, 0.717) is 6.42 Å². The second-order valence-corrected chi connectivity index (χ2v) is 8.83. The van der Waals surface area contributed by atoms with Crippen molar-refractivity contribution in [2.45, 2.75) is 38.1 Å². The number of benzene rings is 1. The zero-order valence-corrected chi connectivity index (χ0v) is 18.2. The lowest BCUT2D eigenvalue weighted by Crippen LogP contribution is -2.49. The fraction of sp³-hybridized carbons (Fsp3) is 0.526. The zero-order chi connectivity index (χ0) is 22.2. The number of nitrogens with one attached hydrogen (secondary N) is 2. The number of ether oxygens (including phenoxy) is 1. The molecule has 1 rings (SSSR count). The number of esters is 1. The Morgan fingerprint density at radius 3 is 2.38 bits per heavy atom. The van der Waals surface area contributed by atoms with Crippen LogP contribution in [-0.2, 0) is 24.3 Å². The van der Waals surface area contributed by atoms with Crippen LogP contribution in [0.15, 0.2) is 29.2 Å². The van der Waals surface area contributed by atoms with E-state index in [4.69, 9.17) is 4.74 Å². The van der Waals surface area contributed by atoms with E-state index < -0.39 is 33.8 Å². The van der Waals surface area contributed by atoms with Crippen molar-refractivity contribution in [1.29, 1.82) is 0 Å². The Morgan fingerprint density at radius 2 is 1.83 bits per heavy atom. The topological polar surface area (TPSA) is 122 Å². The van der Waals surface area contributed by atoms with Crippen molar-refractivity contribution < 1.29 is 27.5 Å². The van der Waals surface area contributed by atoms with Gasteiger partial charge in [0, 0.05) is 19.7 Å². The molecule has 1 aromatic carbocycles. The molecule has 29 heavy (non-hydrogen) atoms. The van der Waals surface area contributed by atoms with Gasteiger partial charge in [-0.05, 0) is 31.0 Å². The molecular formula is C19H29N3O6S. The van der Waals surface area contributed by atoms with Crippen molar-refractivity contribution in [3.63, 3.8) is 0 Å². The van der Waals surface area contributed by atoms with Crippen LogP contribution in [0.2, 0.25) is 0 Å². The third-order valence-electron chi connectivity index (χ3n) is 4.35. The Labute approximate surface area is 171 Å². The van der Waals surface area contributed by atoms with Crippen molar-refractivity contribution in [2.24, 2.45) is 5.92 Å². The summed E-state index contributed by atoms with van der Waals surface area (Å²) in [5, 5.41) is 5.01. The summed E-state index contributed by atoms with van der Waals surface area (Å²) < 4.78 is 30.4. The van der Waals surface area contributed by atoms with Crippen molar-refractivity contribution in [2.75, 3.05) is 27.2 Å². The first-order valence-corrected chi connectivity index (χ1v) is 10.7. The van der Waals surface area contributed by atoms with Gasteiger partial charge in [0.05, 0.1) is 18.0 Å². The van der Waals surface area contributed by atoms with E-state index in [-0.39, 0.29) is 29.5 Å². The highest BCUT2D eigenvalue weighted by Gasteiger charge is 2.27. The summed E-state index contributed by atoms with van der Waals surface area (Å²) in [7, 11) is -0.900. The van der Waals surface area contributed by atoms with Crippen LogP contribution >= 0.6 is 0 Å². The van der Waals surface area contributed by atoms with E-state index in [2.05, 4.69) is 10.6 Å². The molecule has 10 heteroatoms. The van der Waals surface area contributed by atoms with E-state index in [1.165, 1.54) is 38.4 Å². The molecular weight excluding hydrogens is 398 g/mol. The molecule has 2 amide bonds. The fourth-order valence-corrected chi connectivity index (χ4v) is 3.35. The molecule has 2 N–H and O–H groups in total. The summed E-state index contributed by atoms with van der Waals surface area (Å²) in [6, 6.07) is 4.71. The smallest absolute Gasteiger partial charge is 0.328 e. The minimum atomic E-state index is -3.68. The SMILES string of the molecule is CCOC(=O)C(NC(=O)CNC(=O)c1cccc(S(=O)(=O)N(C)C)c1)C(C)CC. The highest BCUT2D eigenvalue weighted by atomic mass is 32.2. The van der Waals surface area contributed by atoms with Gasteiger partial charge in [0.2, 0.25) is 15.9 Å². The zero-order valence-electron chi connectivity index (χ0n) is 17.4. The molecule has 2 atom stereocenters. The average molecular weight is 428 g/mol. The molecule has 0 radical (unpaired) electrons. The van der Waals surface area contributed by atoms with Gasteiger partial charge in [-0.3, -0.25) is 9.59 Å². The van der Waals surface area contributed by atoms with E-state index in [9.17, 15) is 22.8 Å². The summed E-state index contributed by atoms with van der Waals surface area (Å²) in [6.45, 7) is 5.22. The van der Waals surface area contributed by atoms with Crippen LogP contribution in [0.3, 0.4) is 0 Å². The summed E-state index contributed by atoms with van der Waals surface area (Å²) in [5.74, 6) is -1.81. The van der Waals surface area contributed by atoms with Crippen LogP contribution in [0.1, 0.15) is 37.6 Å². The van der Waals surface area contributed by atoms with Crippen LogP contribution in [0.5, 0.6) is 0 Å². The number of carbonyl (C=O) groups excluding carboxylic acids is 3. The van der Waals surface area contributed by atoms with Crippen LogP contribution in [0.25, 0.3) is 0 Å². The predicted octanol–water partition coefficient (Wildman–Crippen LogP) is 0.761. The second-order valence-electron chi connectivity index (χ2n) is 6.68. The second kappa shape index (κ2) is 10.9. The van der Waals surface area contributed by atoms with Gasteiger partial charge < -0.3 is 15.4 Å². The lowest BCUT2D eigenvalue weighted by Gasteiger charge is -2.22. The minimum absolute atomic E-state index is 0.0289. The maximum atomic E-state index is 12.3. The van der Waals surface area contributed by atoms with E-state index in [1.807, 2.05) is 13.8 Å².